The molecule has 6 heteroatoms. The third-order valence-corrected chi connectivity index (χ3v) is 4.32. The van der Waals surface area contributed by atoms with Crippen LogP contribution in [-0.2, 0) is 6.54 Å². The van der Waals surface area contributed by atoms with Crippen molar-refractivity contribution in [1.29, 1.82) is 5.26 Å². The maximum atomic E-state index is 13.3. The van der Waals surface area contributed by atoms with E-state index in [0.717, 1.165) is 27.7 Å². The minimum absolute atomic E-state index is 0.0434. The van der Waals surface area contributed by atoms with Gasteiger partial charge in [0, 0.05) is 16.8 Å². The highest BCUT2D eigenvalue weighted by atomic mass is 32.1. The number of aryl methyl sites for hydroxylation is 2. The summed E-state index contributed by atoms with van der Waals surface area (Å²) >= 11 is 1.61. The summed E-state index contributed by atoms with van der Waals surface area (Å²) in [5, 5.41) is 14.2. The van der Waals surface area contributed by atoms with E-state index in [2.05, 4.69) is 20.1 Å². The third kappa shape index (κ3) is 2.36. The third-order valence-electron chi connectivity index (χ3n) is 3.38. The molecule has 4 nitrogen and oxygen atoms in total. The van der Waals surface area contributed by atoms with Gasteiger partial charge in [0.25, 0.3) is 0 Å². The Hall–Kier alpha value is -2.39. The molecule has 2 heterocycles. The summed E-state index contributed by atoms with van der Waals surface area (Å²) < 4.78 is 15.4. The fourth-order valence-corrected chi connectivity index (χ4v) is 3.21. The first kappa shape index (κ1) is 13.6. The van der Waals surface area contributed by atoms with Gasteiger partial charge in [0.1, 0.15) is 11.9 Å². The fraction of sp³-hybridized carbons (Fsp3) is 0.200. The lowest BCUT2D eigenvalue weighted by Gasteiger charge is -2.08. The molecule has 1 N–H and O–H groups in total. The van der Waals surface area contributed by atoms with E-state index in [1.165, 1.54) is 12.1 Å². The van der Waals surface area contributed by atoms with Crippen LogP contribution in [0.15, 0.2) is 23.6 Å². The Bertz CT molecular complexity index is 857. The molecule has 2 aromatic heterocycles. The molecule has 0 saturated heterocycles. The zero-order valence-electron chi connectivity index (χ0n) is 11.6. The molecule has 3 aromatic rings. The van der Waals surface area contributed by atoms with E-state index >= 15 is 0 Å². The zero-order chi connectivity index (χ0) is 15.0. The van der Waals surface area contributed by atoms with Crippen molar-refractivity contribution in [3.05, 3.63) is 52.0 Å². The van der Waals surface area contributed by atoms with E-state index in [1.54, 1.807) is 17.4 Å². The van der Waals surface area contributed by atoms with Gasteiger partial charge in [-0.2, -0.15) is 5.26 Å². The van der Waals surface area contributed by atoms with Crippen molar-refractivity contribution in [1.82, 2.24) is 9.38 Å². The quantitative estimate of drug-likeness (QED) is 0.803. The number of nitrogens with zero attached hydrogens (tertiary/aromatic N) is 3. The number of hydrogen-bond acceptors (Lipinski definition) is 4. The summed E-state index contributed by atoms with van der Waals surface area (Å²) in [7, 11) is 0. The summed E-state index contributed by atoms with van der Waals surface area (Å²) in [6.07, 6.45) is 0. The SMILES string of the molecule is Cc1nc2scc(C)n2c1CNc1ccc(F)c(C#N)c1. The maximum Gasteiger partial charge on any atom is 0.194 e. The standard InChI is InChI=1S/C15H13FN4S/c1-9-8-21-15-19-10(2)14(20(9)15)7-18-12-3-4-13(16)11(5-12)6-17/h3-5,8,18H,7H2,1-2H3. The highest BCUT2D eigenvalue weighted by molar-refractivity contribution is 7.15. The number of nitrogens with one attached hydrogen (secondary N) is 1. The Balaban J connectivity index is 1.88. The average Bonchev–Trinajstić information content (AvgIpc) is 2.98. The monoisotopic (exact) mass is 300 g/mol. The van der Waals surface area contributed by atoms with Crippen LogP contribution in [-0.4, -0.2) is 9.38 Å². The Morgan fingerprint density at radius 3 is 3.00 bits per heavy atom. The molecular formula is C15H13FN4S. The molecule has 0 unspecified atom stereocenters. The largest absolute Gasteiger partial charge is 0.379 e. The van der Waals surface area contributed by atoms with Crippen LogP contribution in [0.4, 0.5) is 10.1 Å². The Morgan fingerprint density at radius 2 is 2.24 bits per heavy atom. The second-order valence-corrected chi connectivity index (χ2v) is 5.64. The molecule has 3 rings (SSSR count). The first-order valence-corrected chi connectivity index (χ1v) is 7.33. The minimum Gasteiger partial charge on any atom is -0.379 e. The van der Waals surface area contributed by atoms with Gasteiger partial charge in [-0.25, -0.2) is 9.37 Å². The summed E-state index contributed by atoms with van der Waals surface area (Å²) in [6.45, 7) is 4.59. The molecule has 0 aliphatic carbocycles. The van der Waals surface area contributed by atoms with Gasteiger partial charge in [-0.15, -0.1) is 11.3 Å². The number of hydrogen-bond donors (Lipinski definition) is 1. The molecule has 0 radical (unpaired) electrons. The number of aromatic nitrogens is 2. The highest BCUT2D eigenvalue weighted by Gasteiger charge is 2.12. The van der Waals surface area contributed by atoms with E-state index in [0.29, 0.717) is 6.54 Å². The van der Waals surface area contributed by atoms with Gasteiger partial charge in [-0.1, -0.05) is 0 Å². The number of halogens is 1. The van der Waals surface area contributed by atoms with E-state index < -0.39 is 5.82 Å². The second-order valence-electron chi connectivity index (χ2n) is 4.80. The summed E-state index contributed by atoms with van der Waals surface area (Å²) in [6, 6.07) is 6.29. The van der Waals surface area contributed by atoms with Crippen LogP contribution in [0.25, 0.3) is 4.96 Å². The molecule has 0 spiro atoms. The summed E-state index contributed by atoms with van der Waals surface area (Å²) in [5.41, 5.74) is 3.95. The fourth-order valence-electron chi connectivity index (χ4n) is 2.28. The topological polar surface area (TPSA) is 53.1 Å². The van der Waals surface area contributed by atoms with E-state index in [-0.39, 0.29) is 5.56 Å². The zero-order valence-corrected chi connectivity index (χ0v) is 12.5. The molecular weight excluding hydrogens is 287 g/mol. The van der Waals surface area contributed by atoms with Crippen molar-refractivity contribution in [3.63, 3.8) is 0 Å². The van der Waals surface area contributed by atoms with Crippen molar-refractivity contribution in [2.75, 3.05) is 5.32 Å². The van der Waals surface area contributed by atoms with Gasteiger partial charge < -0.3 is 5.32 Å². The molecule has 0 fully saturated rings. The predicted octanol–water partition coefficient (Wildman–Crippen LogP) is 3.64. The van der Waals surface area contributed by atoms with Crippen LogP contribution in [0.2, 0.25) is 0 Å². The van der Waals surface area contributed by atoms with E-state index in [1.807, 2.05) is 19.9 Å². The number of rotatable bonds is 3. The van der Waals surface area contributed by atoms with Gasteiger partial charge in [0.2, 0.25) is 0 Å². The van der Waals surface area contributed by atoms with Crippen molar-refractivity contribution in [3.8, 4) is 6.07 Å². The Kier molecular flexibility index (Phi) is 3.35. The van der Waals surface area contributed by atoms with Gasteiger partial charge in [0.05, 0.1) is 23.5 Å². The number of nitriles is 1. The lowest BCUT2D eigenvalue weighted by molar-refractivity contribution is 0.624. The minimum atomic E-state index is -0.500. The van der Waals surface area contributed by atoms with Gasteiger partial charge >= 0.3 is 0 Å². The number of fused-ring (bicyclic) bond motifs is 1. The number of thiazole rings is 1. The molecule has 106 valence electrons. The van der Waals surface area contributed by atoms with Crippen molar-refractivity contribution >= 4 is 22.0 Å². The normalized spacial score (nSPS) is 10.8. The molecule has 0 amide bonds. The van der Waals surface area contributed by atoms with Crippen LogP contribution in [0.1, 0.15) is 22.6 Å². The molecule has 0 aliphatic heterocycles. The lowest BCUT2D eigenvalue weighted by Crippen LogP contribution is -2.05. The maximum absolute atomic E-state index is 13.3. The number of benzene rings is 1. The molecule has 21 heavy (non-hydrogen) atoms. The van der Waals surface area contributed by atoms with Crippen molar-refractivity contribution < 1.29 is 4.39 Å². The van der Waals surface area contributed by atoms with Crippen LogP contribution in [0, 0.1) is 31.0 Å². The highest BCUT2D eigenvalue weighted by Crippen LogP contribution is 2.22. The number of anilines is 1. The van der Waals surface area contributed by atoms with Gasteiger partial charge in [0.15, 0.2) is 4.96 Å². The molecule has 0 atom stereocenters. The Morgan fingerprint density at radius 1 is 1.43 bits per heavy atom. The van der Waals surface area contributed by atoms with E-state index in [9.17, 15) is 4.39 Å². The average molecular weight is 300 g/mol. The Labute approximate surface area is 125 Å². The van der Waals surface area contributed by atoms with Crippen LogP contribution in [0.5, 0.6) is 0 Å². The predicted molar refractivity (Wildman–Crippen MR) is 81.0 cm³/mol. The van der Waals surface area contributed by atoms with Crippen molar-refractivity contribution in [2.45, 2.75) is 20.4 Å². The first-order chi connectivity index (χ1) is 10.1. The van der Waals surface area contributed by atoms with Crippen LogP contribution in [0.3, 0.4) is 0 Å². The summed E-state index contributed by atoms with van der Waals surface area (Å²) in [4.78, 5) is 5.49. The lowest BCUT2D eigenvalue weighted by atomic mass is 10.2. The smallest absolute Gasteiger partial charge is 0.194 e. The van der Waals surface area contributed by atoms with E-state index in [4.69, 9.17) is 5.26 Å². The van der Waals surface area contributed by atoms with Gasteiger partial charge in [-0.05, 0) is 32.0 Å². The van der Waals surface area contributed by atoms with Crippen LogP contribution >= 0.6 is 11.3 Å². The first-order valence-electron chi connectivity index (χ1n) is 6.45. The molecule has 0 aliphatic rings. The second kappa shape index (κ2) is 5.19. The molecule has 0 saturated carbocycles. The van der Waals surface area contributed by atoms with Crippen LogP contribution < -0.4 is 5.32 Å². The van der Waals surface area contributed by atoms with Crippen molar-refractivity contribution in [2.24, 2.45) is 0 Å². The molecule has 1 aromatic carbocycles. The molecule has 0 bridgehead atoms. The number of imidazole rings is 1. The van der Waals surface area contributed by atoms with Gasteiger partial charge in [-0.3, -0.25) is 4.40 Å². The summed E-state index contributed by atoms with van der Waals surface area (Å²) in [5.74, 6) is -0.500.